The van der Waals surface area contributed by atoms with Gasteiger partial charge < -0.3 is 5.32 Å². The highest BCUT2D eigenvalue weighted by molar-refractivity contribution is 5.28. The number of nitrogens with zero attached hydrogens (tertiary/aromatic N) is 1. The van der Waals surface area contributed by atoms with E-state index in [-0.39, 0.29) is 5.54 Å². The highest BCUT2D eigenvalue weighted by atomic mass is 15.2. The average Bonchev–Trinajstić information content (AvgIpc) is 2.23. The highest BCUT2D eigenvalue weighted by Crippen LogP contribution is 2.28. The van der Waals surface area contributed by atoms with Crippen molar-refractivity contribution in [3.8, 4) is 0 Å². The van der Waals surface area contributed by atoms with Crippen molar-refractivity contribution in [3.05, 3.63) is 35.4 Å². The van der Waals surface area contributed by atoms with Gasteiger partial charge in [-0.15, -0.1) is 0 Å². The number of piperazine rings is 1. The molecule has 82 valence electrons. The van der Waals surface area contributed by atoms with Gasteiger partial charge >= 0.3 is 0 Å². The molecule has 2 nitrogen and oxygen atoms in total. The first-order valence-corrected chi connectivity index (χ1v) is 5.62. The van der Waals surface area contributed by atoms with Crippen molar-refractivity contribution in [1.82, 2.24) is 10.2 Å². The van der Waals surface area contributed by atoms with Crippen LogP contribution in [-0.2, 0) is 5.54 Å². The van der Waals surface area contributed by atoms with E-state index in [0.717, 1.165) is 19.6 Å². The lowest BCUT2D eigenvalue weighted by Gasteiger charge is -2.43. The molecule has 0 amide bonds. The van der Waals surface area contributed by atoms with Gasteiger partial charge in [-0.1, -0.05) is 29.8 Å². The van der Waals surface area contributed by atoms with Gasteiger partial charge in [-0.25, -0.2) is 0 Å². The van der Waals surface area contributed by atoms with Crippen LogP contribution >= 0.6 is 0 Å². The Kier molecular flexibility index (Phi) is 2.81. The summed E-state index contributed by atoms with van der Waals surface area (Å²) < 4.78 is 0. The number of nitrogens with one attached hydrogen (secondary N) is 1. The summed E-state index contributed by atoms with van der Waals surface area (Å²) in [4.78, 5) is 2.44. The third kappa shape index (κ3) is 1.92. The van der Waals surface area contributed by atoms with E-state index in [1.54, 1.807) is 0 Å². The van der Waals surface area contributed by atoms with Crippen LogP contribution in [0.5, 0.6) is 0 Å². The molecule has 0 aliphatic carbocycles. The molecule has 2 rings (SSSR count). The van der Waals surface area contributed by atoms with Crippen molar-refractivity contribution >= 4 is 0 Å². The predicted molar refractivity (Wildman–Crippen MR) is 64.0 cm³/mol. The number of likely N-dealkylation sites (N-methyl/N-ethyl adjacent to an activating group) is 1. The van der Waals surface area contributed by atoms with E-state index < -0.39 is 0 Å². The zero-order valence-corrected chi connectivity index (χ0v) is 9.88. The van der Waals surface area contributed by atoms with E-state index >= 15 is 0 Å². The first-order valence-electron chi connectivity index (χ1n) is 5.62. The molecular formula is C13H20N2. The second kappa shape index (κ2) is 3.95. The number of hydrogen-bond acceptors (Lipinski definition) is 2. The lowest BCUT2D eigenvalue weighted by atomic mass is 9.88. The van der Waals surface area contributed by atoms with Crippen molar-refractivity contribution in [2.75, 3.05) is 26.7 Å². The molecule has 0 aromatic heterocycles. The molecule has 1 aliphatic heterocycles. The Labute approximate surface area is 92.3 Å². The van der Waals surface area contributed by atoms with Crippen molar-refractivity contribution < 1.29 is 0 Å². The summed E-state index contributed by atoms with van der Waals surface area (Å²) in [5.74, 6) is 0. The van der Waals surface area contributed by atoms with Gasteiger partial charge in [-0.3, -0.25) is 4.90 Å². The third-order valence-corrected chi connectivity index (χ3v) is 3.61. The Hall–Kier alpha value is -0.860. The second-order valence-electron chi connectivity index (χ2n) is 4.74. The van der Waals surface area contributed by atoms with Crippen LogP contribution in [0.1, 0.15) is 18.1 Å². The van der Waals surface area contributed by atoms with Crippen LogP contribution in [0, 0.1) is 6.92 Å². The predicted octanol–water partition coefficient (Wildman–Crippen LogP) is 1.75. The van der Waals surface area contributed by atoms with Crippen molar-refractivity contribution in [2.24, 2.45) is 0 Å². The normalized spacial score (nSPS) is 27.9. The fourth-order valence-corrected chi connectivity index (χ4v) is 2.20. The van der Waals surface area contributed by atoms with Gasteiger partial charge in [0.1, 0.15) is 0 Å². The summed E-state index contributed by atoms with van der Waals surface area (Å²) in [7, 11) is 2.21. The third-order valence-electron chi connectivity index (χ3n) is 3.61. The van der Waals surface area contributed by atoms with Gasteiger partial charge in [-0.05, 0) is 26.5 Å². The highest BCUT2D eigenvalue weighted by Gasteiger charge is 2.33. The lowest BCUT2D eigenvalue weighted by molar-refractivity contribution is 0.104. The molecule has 1 fully saturated rings. The topological polar surface area (TPSA) is 15.3 Å². The van der Waals surface area contributed by atoms with E-state index in [1.165, 1.54) is 11.1 Å². The average molecular weight is 204 g/mol. The van der Waals surface area contributed by atoms with Gasteiger partial charge in [0.2, 0.25) is 0 Å². The van der Waals surface area contributed by atoms with Gasteiger partial charge in [-0.2, -0.15) is 0 Å². The molecule has 15 heavy (non-hydrogen) atoms. The van der Waals surface area contributed by atoms with Crippen LogP contribution in [0.4, 0.5) is 0 Å². The van der Waals surface area contributed by atoms with Gasteiger partial charge in [0.15, 0.2) is 0 Å². The van der Waals surface area contributed by atoms with Crippen molar-refractivity contribution in [1.29, 1.82) is 0 Å². The van der Waals surface area contributed by atoms with E-state index in [0.29, 0.717) is 0 Å². The number of benzene rings is 1. The van der Waals surface area contributed by atoms with Crippen LogP contribution in [0.3, 0.4) is 0 Å². The standard InChI is InChI=1S/C13H20N2/c1-11-4-6-12(7-5-11)13(2)10-14-8-9-15(13)3/h4-7,14H,8-10H2,1-3H3. The fraction of sp³-hybridized carbons (Fsp3) is 0.538. The maximum atomic E-state index is 3.48. The summed E-state index contributed by atoms with van der Waals surface area (Å²) >= 11 is 0. The number of hydrogen-bond donors (Lipinski definition) is 1. The Balaban J connectivity index is 2.30. The van der Waals surface area contributed by atoms with Crippen LogP contribution in [0.25, 0.3) is 0 Å². The molecule has 2 heteroatoms. The Morgan fingerprint density at radius 2 is 1.93 bits per heavy atom. The van der Waals surface area contributed by atoms with Crippen LogP contribution in [0.2, 0.25) is 0 Å². The van der Waals surface area contributed by atoms with Gasteiger partial charge in [0, 0.05) is 19.6 Å². The molecule has 1 aromatic rings. The molecule has 1 N–H and O–H groups in total. The molecule has 0 saturated carbocycles. The molecule has 1 atom stereocenters. The number of aryl methyl sites for hydroxylation is 1. The van der Waals surface area contributed by atoms with Crippen molar-refractivity contribution in [2.45, 2.75) is 19.4 Å². The summed E-state index contributed by atoms with van der Waals surface area (Å²) in [6.45, 7) is 7.69. The molecule has 0 bridgehead atoms. The summed E-state index contributed by atoms with van der Waals surface area (Å²) in [6.07, 6.45) is 0. The summed E-state index contributed by atoms with van der Waals surface area (Å²) in [6, 6.07) is 8.89. The molecule has 1 heterocycles. The largest absolute Gasteiger partial charge is 0.313 e. The second-order valence-corrected chi connectivity index (χ2v) is 4.74. The minimum Gasteiger partial charge on any atom is -0.313 e. The van der Waals surface area contributed by atoms with Gasteiger partial charge in [0.05, 0.1) is 5.54 Å². The van der Waals surface area contributed by atoms with Crippen LogP contribution in [-0.4, -0.2) is 31.6 Å². The SMILES string of the molecule is Cc1ccc(C2(C)CNCCN2C)cc1. The molecular weight excluding hydrogens is 184 g/mol. The minimum absolute atomic E-state index is 0.145. The van der Waals surface area contributed by atoms with Gasteiger partial charge in [0.25, 0.3) is 0 Å². The molecule has 1 saturated heterocycles. The molecule has 0 spiro atoms. The number of rotatable bonds is 1. The van der Waals surface area contributed by atoms with Crippen LogP contribution in [0.15, 0.2) is 24.3 Å². The maximum absolute atomic E-state index is 3.48. The molecule has 1 unspecified atom stereocenters. The Morgan fingerprint density at radius 1 is 1.27 bits per heavy atom. The lowest BCUT2D eigenvalue weighted by Crippen LogP contribution is -2.55. The smallest absolute Gasteiger partial charge is 0.0555 e. The monoisotopic (exact) mass is 204 g/mol. The van der Waals surface area contributed by atoms with E-state index in [2.05, 4.69) is 55.4 Å². The maximum Gasteiger partial charge on any atom is 0.0555 e. The quantitative estimate of drug-likeness (QED) is 0.749. The minimum atomic E-state index is 0.145. The molecule has 1 aromatic carbocycles. The zero-order valence-electron chi connectivity index (χ0n) is 9.88. The molecule has 1 aliphatic rings. The fourth-order valence-electron chi connectivity index (χ4n) is 2.20. The van der Waals surface area contributed by atoms with E-state index in [4.69, 9.17) is 0 Å². The van der Waals surface area contributed by atoms with Crippen molar-refractivity contribution in [3.63, 3.8) is 0 Å². The first kappa shape index (κ1) is 10.7. The Bertz CT molecular complexity index is 331. The summed E-state index contributed by atoms with van der Waals surface area (Å²) in [5.41, 5.74) is 2.88. The Morgan fingerprint density at radius 3 is 2.53 bits per heavy atom. The molecule has 0 radical (unpaired) electrons. The van der Waals surface area contributed by atoms with E-state index in [1.807, 2.05) is 0 Å². The summed E-state index contributed by atoms with van der Waals surface area (Å²) in [5, 5.41) is 3.48. The zero-order chi connectivity index (χ0) is 10.9. The van der Waals surface area contributed by atoms with Crippen LogP contribution < -0.4 is 5.32 Å². The first-order chi connectivity index (χ1) is 7.13. The van der Waals surface area contributed by atoms with E-state index in [9.17, 15) is 0 Å².